The number of nitrogens with zero attached hydrogens (tertiary/aromatic N) is 1. The van der Waals surface area contributed by atoms with Crippen LogP contribution < -0.4 is 9.64 Å². The number of rotatable bonds is 4. The smallest absolute Gasteiger partial charge is 0.300 e. The SMILES string of the molecule is COc1ccc(N2C(=O)C(=O)/C(=C(/O)c3cc(C)ccc3C)C2c2ccccc2F)cc1. The van der Waals surface area contributed by atoms with E-state index in [2.05, 4.69) is 0 Å². The first-order valence-electron chi connectivity index (χ1n) is 10.1. The molecule has 1 heterocycles. The molecule has 1 aliphatic heterocycles. The minimum atomic E-state index is -1.12. The van der Waals surface area contributed by atoms with Crippen molar-refractivity contribution in [3.8, 4) is 5.75 Å². The van der Waals surface area contributed by atoms with Gasteiger partial charge in [0.1, 0.15) is 17.3 Å². The highest BCUT2D eigenvalue weighted by atomic mass is 19.1. The molecule has 1 atom stereocenters. The summed E-state index contributed by atoms with van der Waals surface area (Å²) in [7, 11) is 1.52. The zero-order valence-electron chi connectivity index (χ0n) is 17.9. The van der Waals surface area contributed by atoms with Crippen molar-refractivity contribution in [3.63, 3.8) is 0 Å². The van der Waals surface area contributed by atoms with Gasteiger partial charge in [-0.1, -0.05) is 35.9 Å². The summed E-state index contributed by atoms with van der Waals surface area (Å²) < 4.78 is 20.1. The second kappa shape index (κ2) is 8.30. The minimum Gasteiger partial charge on any atom is -0.507 e. The van der Waals surface area contributed by atoms with Crippen LogP contribution in [0.4, 0.5) is 10.1 Å². The van der Waals surface area contributed by atoms with Crippen molar-refractivity contribution in [2.24, 2.45) is 0 Å². The monoisotopic (exact) mass is 431 g/mol. The summed E-state index contributed by atoms with van der Waals surface area (Å²) in [6.07, 6.45) is 0. The number of aryl methyl sites for hydroxylation is 2. The van der Waals surface area contributed by atoms with Crippen LogP contribution in [0.1, 0.15) is 28.3 Å². The summed E-state index contributed by atoms with van der Waals surface area (Å²) in [6, 6.07) is 16.8. The van der Waals surface area contributed by atoms with E-state index in [4.69, 9.17) is 4.74 Å². The van der Waals surface area contributed by atoms with Crippen molar-refractivity contribution in [1.29, 1.82) is 0 Å². The van der Waals surface area contributed by atoms with E-state index in [0.717, 1.165) is 11.1 Å². The number of aliphatic hydroxyl groups is 1. The number of ketones is 1. The van der Waals surface area contributed by atoms with Crippen LogP contribution in [-0.2, 0) is 9.59 Å². The van der Waals surface area contributed by atoms with Crippen molar-refractivity contribution in [3.05, 3.63) is 100 Å². The van der Waals surface area contributed by atoms with Gasteiger partial charge in [-0.3, -0.25) is 14.5 Å². The molecule has 32 heavy (non-hydrogen) atoms. The van der Waals surface area contributed by atoms with Gasteiger partial charge in [0.2, 0.25) is 0 Å². The Morgan fingerprint density at radius 1 is 1.00 bits per heavy atom. The molecule has 5 nitrogen and oxygen atoms in total. The van der Waals surface area contributed by atoms with Gasteiger partial charge in [-0.15, -0.1) is 0 Å². The van der Waals surface area contributed by atoms with E-state index in [-0.39, 0.29) is 16.9 Å². The van der Waals surface area contributed by atoms with Crippen molar-refractivity contribution in [2.75, 3.05) is 12.0 Å². The number of amides is 1. The summed E-state index contributed by atoms with van der Waals surface area (Å²) in [6.45, 7) is 3.66. The minimum absolute atomic E-state index is 0.120. The third-order valence-corrected chi connectivity index (χ3v) is 5.64. The largest absolute Gasteiger partial charge is 0.507 e. The Kier molecular flexibility index (Phi) is 5.53. The third-order valence-electron chi connectivity index (χ3n) is 5.64. The number of aliphatic hydroxyl groups excluding tert-OH is 1. The molecule has 0 radical (unpaired) electrons. The standard InChI is InChI=1S/C26H22FNO4/c1-15-8-9-16(2)20(14-15)24(29)22-23(19-6-4-5-7-21(19)27)28(26(31)25(22)30)17-10-12-18(32-3)13-11-17/h4-14,23,29H,1-3H3/b24-22+. The topological polar surface area (TPSA) is 66.8 Å². The second-order valence-corrected chi connectivity index (χ2v) is 7.71. The zero-order chi connectivity index (χ0) is 23.0. The molecule has 4 rings (SSSR count). The van der Waals surface area contributed by atoms with Gasteiger partial charge in [-0.25, -0.2) is 4.39 Å². The van der Waals surface area contributed by atoms with E-state index in [1.165, 1.54) is 30.2 Å². The fourth-order valence-electron chi connectivity index (χ4n) is 3.97. The number of benzene rings is 3. The van der Waals surface area contributed by atoms with Crippen LogP contribution in [0.2, 0.25) is 0 Å². The summed E-state index contributed by atoms with van der Waals surface area (Å²) in [5.74, 6) is -2.04. The normalized spacial score (nSPS) is 17.6. The number of methoxy groups -OCH3 is 1. The van der Waals surface area contributed by atoms with Gasteiger partial charge in [0, 0.05) is 16.8 Å². The number of halogens is 1. The molecule has 0 aliphatic carbocycles. The second-order valence-electron chi connectivity index (χ2n) is 7.71. The Bertz CT molecular complexity index is 1250. The van der Waals surface area contributed by atoms with E-state index >= 15 is 0 Å². The molecule has 0 bridgehead atoms. The summed E-state index contributed by atoms with van der Waals surface area (Å²) in [5, 5.41) is 11.2. The first-order valence-corrected chi connectivity index (χ1v) is 10.1. The lowest BCUT2D eigenvalue weighted by Crippen LogP contribution is -2.29. The molecule has 3 aromatic carbocycles. The van der Waals surface area contributed by atoms with Crippen LogP contribution in [0.15, 0.2) is 72.3 Å². The Labute approximate surface area is 185 Å². The van der Waals surface area contributed by atoms with Gasteiger partial charge in [0.05, 0.1) is 18.7 Å². The molecule has 1 unspecified atom stereocenters. The number of hydrogen-bond donors (Lipinski definition) is 1. The first kappa shape index (κ1) is 21.3. The van der Waals surface area contributed by atoms with E-state index < -0.39 is 23.5 Å². The average molecular weight is 431 g/mol. The van der Waals surface area contributed by atoms with Crippen LogP contribution in [0.25, 0.3) is 5.76 Å². The molecule has 0 aromatic heterocycles. The summed E-state index contributed by atoms with van der Waals surface area (Å²) in [5.41, 5.74) is 2.40. The van der Waals surface area contributed by atoms with E-state index in [1.54, 1.807) is 43.3 Å². The number of Topliss-reactive ketones (excluding diaryl/α,β-unsaturated/α-hetero) is 1. The van der Waals surface area contributed by atoms with Gasteiger partial charge < -0.3 is 9.84 Å². The number of anilines is 1. The van der Waals surface area contributed by atoms with Crippen LogP contribution >= 0.6 is 0 Å². The quantitative estimate of drug-likeness (QED) is 0.356. The predicted octanol–water partition coefficient (Wildman–Crippen LogP) is 5.08. The van der Waals surface area contributed by atoms with Gasteiger partial charge in [0.25, 0.3) is 11.7 Å². The highest BCUT2D eigenvalue weighted by Crippen LogP contribution is 2.43. The van der Waals surface area contributed by atoms with Crippen molar-refractivity contribution < 1.29 is 23.8 Å². The number of hydrogen-bond acceptors (Lipinski definition) is 4. The molecular formula is C26H22FNO4. The van der Waals surface area contributed by atoms with E-state index in [9.17, 15) is 19.1 Å². The summed E-state index contributed by atoms with van der Waals surface area (Å²) >= 11 is 0. The Morgan fingerprint density at radius 3 is 2.34 bits per heavy atom. The highest BCUT2D eigenvalue weighted by molar-refractivity contribution is 6.51. The molecule has 1 aliphatic rings. The molecule has 0 spiro atoms. The molecular weight excluding hydrogens is 409 g/mol. The van der Waals surface area contributed by atoms with Crippen LogP contribution in [0.5, 0.6) is 5.75 Å². The van der Waals surface area contributed by atoms with E-state index in [1.807, 2.05) is 19.1 Å². The lowest BCUT2D eigenvalue weighted by atomic mass is 9.93. The van der Waals surface area contributed by atoms with Crippen LogP contribution in [0, 0.1) is 19.7 Å². The van der Waals surface area contributed by atoms with Crippen molar-refractivity contribution >= 4 is 23.1 Å². The fraction of sp³-hybridized carbons (Fsp3) is 0.154. The molecule has 1 amide bonds. The van der Waals surface area contributed by atoms with Crippen molar-refractivity contribution in [2.45, 2.75) is 19.9 Å². The lowest BCUT2D eigenvalue weighted by molar-refractivity contribution is -0.132. The van der Waals surface area contributed by atoms with Crippen molar-refractivity contribution in [1.82, 2.24) is 0 Å². The number of carbonyl (C=O) groups is 2. The van der Waals surface area contributed by atoms with E-state index in [0.29, 0.717) is 17.0 Å². The number of carbonyl (C=O) groups excluding carboxylic acids is 2. The molecule has 3 aromatic rings. The predicted molar refractivity (Wildman–Crippen MR) is 120 cm³/mol. The molecule has 6 heteroatoms. The molecule has 1 saturated heterocycles. The third kappa shape index (κ3) is 3.54. The zero-order valence-corrected chi connectivity index (χ0v) is 17.9. The highest BCUT2D eigenvalue weighted by Gasteiger charge is 2.47. The maximum Gasteiger partial charge on any atom is 0.300 e. The average Bonchev–Trinajstić information content (AvgIpc) is 3.05. The summed E-state index contributed by atoms with van der Waals surface area (Å²) in [4.78, 5) is 27.5. The van der Waals surface area contributed by atoms with Crippen LogP contribution in [-0.4, -0.2) is 23.9 Å². The Morgan fingerprint density at radius 2 is 1.69 bits per heavy atom. The Balaban J connectivity index is 1.98. The molecule has 1 N–H and O–H groups in total. The Hall–Kier alpha value is -3.93. The lowest BCUT2D eigenvalue weighted by Gasteiger charge is -2.26. The van der Waals surface area contributed by atoms with Gasteiger partial charge in [-0.2, -0.15) is 0 Å². The maximum atomic E-state index is 14.9. The molecule has 162 valence electrons. The first-order chi connectivity index (χ1) is 15.3. The van der Waals surface area contributed by atoms with Crippen LogP contribution in [0.3, 0.4) is 0 Å². The molecule has 0 saturated carbocycles. The number of ether oxygens (including phenoxy) is 1. The maximum absolute atomic E-state index is 14.9. The van der Waals surface area contributed by atoms with Gasteiger partial charge in [-0.05, 0) is 55.8 Å². The fourth-order valence-corrected chi connectivity index (χ4v) is 3.97. The molecule has 1 fully saturated rings. The van der Waals surface area contributed by atoms with Gasteiger partial charge >= 0.3 is 0 Å². The van der Waals surface area contributed by atoms with Gasteiger partial charge in [0.15, 0.2) is 0 Å².